The maximum Gasteiger partial charge on any atom is 0.159 e. The highest BCUT2D eigenvalue weighted by molar-refractivity contribution is 5.84. The van der Waals surface area contributed by atoms with E-state index < -0.39 is 34.6 Å². The lowest BCUT2D eigenvalue weighted by atomic mass is 10.1. The lowest BCUT2D eigenvalue weighted by molar-refractivity contribution is 0.473. The van der Waals surface area contributed by atoms with Gasteiger partial charge in [-0.1, -0.05) is 36.7 Å². The highest BCUT2D eigenvalue weighted by Gasteiger charge is 2.09. The summed E-state index contributed by atoms with van der Waals surface area (Å²) in [6.07, 6.45) is 4.00. The number of fused-ring (bicyclic) bond motifs is 1. The van der Waals surface area contributed by atoms with E-state index in [0.29, 0.717) is 22.1 Å². The van der Waals surface area contributed by atoms with Gasteiger partial charge in [0.2, 0.25) is 0 Å². The Balaban J connectivity index is 1.56. The summed E-state index contributed by atoms with van der Waals surface area (Å²) < 4.78 is 75.5. The Morgan fingerprint density at radius 2 is 1.33 bits per heavy atom. The largest absolute Gasteiger partial charge is 0.465 e. The van der Waals surface area contributed by atoms with Crippen LogP contribution in [0, 0.1) is 52.8 Å². The van der Waals surface area contributed by atoms with Crippen molar-refractivity contribution < 1.29 is 26.7 Å². The summed E-state index contributed by atoms with van der Waals surface area (Å²) in [5.41, 5.74) is -0.0634. The topological polar surface area (TPSA) is 9.23 Å². The van der Waals surface area contributed by atoms with E-state index in [0.717, 1.165) is 30.7 Å². The van der Waals surface area contributed by atoms with Gasteiger partial charge in [0.15, 0.2) is 11.6 Å². The van der Waals surface area contributed by atoms with Gasteiger partial charge in [0, 0.05) is 17.2 Å². The monoisotopic (exact) mass is 488 g/mol. The number of ether oxygens (including phenoxy) is 1. The van der Waals surface area contributed by atoms with Crippen LogP contribution in [0.4, 0.5) is 22.0 Å². The van der Waals surface area contributed by atoms with E-state index in [1.807, 2.05) is 6.92 Å². The first-order valence-corrected chi connectivity index (χ1v) is 10.9. The predicted octanol–water partition coefficient (Wildman–Crippen LogP) is 7.64. The van der Waals surface area contributed by atoms with E-state index in [1.54, 1.807) is 6.08 Å². The Kier molecular flexibility index (Phi) is 7.37. The third-order valence-electron chi connectivity index (χ3n) is 5.07. The molecule has 0 fully saturated rings. The summed E-state index contributed by atoms with van der Waals surface area (Å²) in [5, 5.41) is 0.864. The molecule has 0 atom stereocenters. The van der Waals surface area contributed by atoms with Gasteiger partial charge in [0.25, 0.3) is 0 Å². The summed E-state index contributed by atoms with van der Waals surface area (Å²) in [6, 6.07) is 12.8. The molecule has 4 rings (SSSR count). The van der Waals surface area contributed by atoms with E-state index in [1.165, 1.54) is 42.7 Å². The van der Waals surface area contributed by atoms with Crippen molar-refractivity contribution in [2.45, 2.75) is 13.3 Å². The van der Waals surface area contributed by atoms with Gasteiger partial charge in [-0.25, -0.2) is 22.0 Å². The molecule has 0 saturated carbocycles. The molecule has 0 aromatic heterocycles. The molecule has 0 heterocycles. The summed E-state index contributed by atoms with van der Waals surface area (Å²) in [4.78, 5) is 0. The molecule has 0 aliphatic carbocycles. The molecule has 4 aromatic carbocycles. The van der Waals surface area contributed by atoms with Gasteiger partial charge >= 0.3 is 0 Å². The molecule has 6 heteroatoms. The molecule has 0 amide bonds. The van der Waals surface area contributed by atoms with E-state index in [-0.39, 0.29) is 11.1 Å². The Hall–Kier alpha value is -4.55. The third-order valence-corrected chi connectivity index (χ3v) is 5.07. The first kappa shape index (κ1) is 24.6. The predicted molar refractivity (Wildman–Crippen MR) is 129 cm³/mol. The molecule has 1 nitrogen and oxygen atoms in total. The zero-order valence-electron chi connectivity index (χ0n) is 18.9. The minimum Gasteiger partial charge on any atom is -0.465 e. The molecule has 0 aliphatic heterocycles. The van der Waals surface area contributed by atoms with Crippen LogP contribution in [0.5, 0.6) is 5.75 Å². The van der Waals surface area contributed by atoms with Crippen molar-refractivity contribution in [2.75, 3.05) is 0 Å². The Labute approximate surface area is 204 Å². The maximum absolute atomic E-state index is 14.6. The minimum atomic E-state index is -1.00. The number of allylic oxidation sites excluding steroid dienone is 1. The Bertz CT molecular complexity index is 1590. The summed E-state index contributed by atoms with van der Waals surface area (Å²) >= 11 is 0. The molecule has 0 N–H and O–H groups in total. The summed E-state index contributed by atoms with van der Waals surface area (Å²) in [7, 11) is 0. The smallest absolute Gasteiger partial charge is 0.159 e. The van der Waals surface area contributed by atoms with Gasteiger partial charge in [-0.3, -0.25) is 0 Å². The molecule has 36 heavy (non-hydrogen) atoms. The third kappa shape index (κ3) is 5.74. The van der Waals surface area contributed by atoms with Gasteiger partial charge in [-0.2, -0.15) is 0 Å². The van der Waals surface area contributed by atoms with Crippen molar-refractivity contribution in [1.29, 1.82) is 0 Å². The molecule has 0 unspecified atom stereocenters. The summed E-state index contributed by atoms with van der Waals surface area (Å²) in [5.74, 6) is 5.98. The van der Waals surface area contributed by atoms with E-state index in [2.05, 4.69) is 23.7 Å². The highest BCUT2D eigenvalue weighted by atomic mass is 19.2. The number of hydrogen-bond donors (Lipinski definition) is 0. The molecular weight excluding hydrogens is 471 g/mol. The van der Waals surface area contributed by atoms with Crippen molar-refractivity contribution in [2.24, 2.45) is 0 Å². The second kappa shape index (κ2) is 10.8. The van der Waals surface area contributed by atoms with Crippen LogP contribution >= 0.6 is 0 Å². The van der Waals surface area contributed by atoms with Crippen LogP contribution in [0.15, 0.2) is 73.0 Å². The van der Waals surface area contributed by atoms with Gasteiger partial charge < -0.3 is 4.74 Å². The second-order valence-electron chi connectivity index (χ2n) is 7.68. The fraction of sp³-hybridized carbons (Fsp3) is 0.0667. The van der Waals surface area contributed by atoms with Gasteiger partial charge in [0.05, 0.1) is 17.4 Å². The second-order valence-corrected chi connectivity index (χ2v) is 7.68. The fourth-order valence-corrected chi connectivity index (χ4v) is 3.25. The maximum atomic E-state index is 14.6. The van der Waals surface area contributed by atoms with Crippen LogP contribution in [0.2, 0.25) is 0 Å². The van der Waals surface area contributed by atoms with Crippen molar-refractivity contribution in [3.05, 3.63) is 124 Å². The van der Waals surface area contributed by atoms with Crippen molar-refractivity contribution >= 4 is 10.8 Å². The van der Waals surface area contributed by atoms with Crippen LogP contribution in [0.3, 0.4) is 0 Å². The molecule has 0 radical (unpaired) electrons. The normalized spacial score (nSPS) is 10.6. The fourth-order valence-electron chi connectivity index (χ4n) is 3.25. The van der Waals surface area contributed by atoms with Gasteiger partial charge in [-0.05, 0) is 71.8 Å². The van der Waals surface area contributed by atoms with Crippen LogP contribution < -0.4 is 4.74 Å². The molecule has 4 aromatic rings. The lowest BCUT2D eigenvalue weighted by Gasteiger charge is -2.02. The molecule has 0 bridgehead atoms. The quantitative estimate of drug-likeness (QED) is 0.164. The average molecular weight is 488 g/mol. The number of hydrogen-bond acceptors (Lipinski definition) is 1. The zero-order chi connectivity index (χ0) is 25.7. The van der Waals surface area contributed by atoms with Crippen LogP contribution in [0.1, 0.15) is 35.6 Å². The minimum absolute atomic E-state index is 0.00404. The molecule has 0 aliphatic rings. The number of rotatable bonds is 3. The molecule has 0 spiro atoms. The average Bonchev–Trinajstić information content (AvgIpc) is 2.84. The van der Waals surface area contributed by atoms with Crippen LogP contribution in [-0.2, 0) is 0 Å². The first-order valence-electron chi connectivity index (χ1n) is 10.9. The van der Waals surface area contributed by atoms with Gasteiger partial charge in [-0.15, -0.1) is 0 Å². The lowest BCUT2D eigenvalue weighted by Crippen LogP contribution is -1.93. The first-order chi connectivity index (χ1) is 17.3. The van der Waals surface area contributed by atoms with Crippen LogP contribution in [-0.4, -0.2) is 0 Å². The SMILES string of the molecule is CC/C=C/Oc1ccc(C#Cc2cc(F)c(C#Cc3ccc4cc(F)c(F)cc4c3)c(F)c2)c(F)c1. The molecule has 0 saturated heterocycles. The molecular formula is C30H17F5O. The highest BCUT2D eigenvalue weighted by Crippen LogP contribution is 2.21. The Morgan fingerprint density at radius 1 is 0.639 bits per heavy atom. The number of benzene rings is 4. The van der Waals surface area contributed by atoms with E-state index in [4.69, 9.17) is 4.74 Å². The standard InChI is InChI=1S/C30H17F5O/c1-2-3-12-36-24-10-9-21(26(31)18-24)7-5-20-14-27(32)25(28(33)15-20)11-6-19-4-8-22-16-29(34)30(35)17-23(22)13-19/h3-4,8-10,12-18H,2H2,1H3/b12-3+. The summed E-state index contributed by atoms with van der Waals surface area (Å²) in [6.45, 7) is 1.93. The van der Waals surface area contributed by atoms with Crippen molar-refractivity contribution in [3.63, 3.8) is 0 Å². The Morgan fingerprint density at radius 3 is 2.03 bits per heavy atom. The molecule has 178 valence electrons. The van der Waals surface area contributed by atoms with Crippen molar-refractivity contribution in [1.82, 2.24) is 0 Å². The number of halogens is 5. The van der Waals surface area contributed by atoms with E-state index in [9.17, 15) is 22.0 Å². The van der Waals surface area contributed by atoms with E-state index >= 15 is 0 Å². The van der Waals surface area contributed by atoms with Crippen molar-refractivity contribution in [3.8, 4) is 29.4 Å². The zero-order valence-corrected chi connectivity index (χ0v) is 18.9. The van der Waals surface area contributed by atoms with Crippen LogP contribution in [0.25, 0.3) is 10.8 Å². The van der Waals surface area contributed by atoms with Gasteiger partial charge in [0.1, 0.15) is 23.2 Å².